The molecule has 0 heterocycles. The van der Waals surface area contributed by atoms with E-state index >= 15 is 0 Å². The summed E-state index contributed by atoms with van der Waals surface area (Å²) in [5, 5.41) is 12.8. The Morgan fingerprint density at radius 3 is 2.79 bits per heavy atom. The first-order valence-electron chi connectivity index (χ1n) is 5.20. The normalized spacial score (nSPS) is 27.3. The molecule has 2 heteroatoms. The summed E-state index contributed by atoms with van der Waals surface area (Å²) in [6, 6.07) is 10.5. The molecule has 1 aromatic carbocycles. The van der Waals surface area contributed by atoms with Gasteiger partial charge in [-0.15, -0.1) is 0 Å². The molecule has 1 saturated carbocycles. The van der Waals surface area contributed by atoms with Crippen LogP contribution in [0, 0.1) is 5.92 Å². The van der Waals surface area contributed by atoms with E-state index in [2.05, 4.69) is 29.6 Å². The number of nitrogens with one attached hydrogen (secondary N) is 1. The molecule has 0 aliphatic heterocycles. The first-order chi connectivity index (χ1) is 6.83. The molecular weight excluding hydrogens is 174 g/mol. The van der Waals surface area contributed by atoms with Crippen LogP contribution in [0.4, 0.5) is 0 Å². The third kappa shape index (κ3) is 1.97. The molecule has 2 nitrogen and oxygen atoms in total. The highest BCUT2D eigenvalue weighted by atomic mass is 16.3. The van der Waals surface area contributed by atoms with Gasteiger partial charge in [0.05, 0.1) is 6.10 Å². The fourth-order valence-corrected chi connectivity index (χ4v) is 2.08. The predicted molar refractivity (Wildman–Crippen MR) is 57.2 cm³/mol. The van der Waals surface area contributed by atoms with Gasteiger partial charge in [0, 0.05) is 6.54 Å². The van der Waals surface area contributed by atoms with E-state index in [-0.39, 0.29) is 6.10 Å². The van der Waals surface area contributed by atoms with Crippen molar-refractivity contribution in [3.63, 3.8) is 0 Å². The highest BCUT2D eigenvalue weighted by molar-refractivity contribution is 5.26. The summed E-state index contributed by atoms with van der Waals surface area (Å²) in [6.07, 6.45) is 0.942. The second-order valence-corrected chi connectivity index (χ2v) is 4.04. The van der Waals surface area contributed by atoms with Crippen LogP contribution in [-0.2, 0) is 0 Å². The molecule has 0 spiro atoms. The summed E-state index contributed by atoms with van der Waals surface area (Å²) in [6.45, 7) is 0.702. The van der Waals surface area contributed by atoms with E-state index in [1.807, 2.05) is 13.1 Å². The van der Waals surface area contributed by atoms with E-state index < -0.39 is 0 Å². The van der Waals surface area contributed by atoms with Crippen LogP contribution in [0.15, 0.2) is 30.3 Å². The Labute approximate surface area is 85.0 Å². The number of aliphatic hydroxyl groups excluding tert-OH is 1. The van der Waals surface area contributed by atoms with Crippen molar-refractivity contribution in [1.82, 2.24) is 5.32 Å². The summed E-state index contributed by atoms with van der Waals surface area (Å²) in [5.74, 6) is 1.05. The second kappa shape index (κ2) is 4.11. The van der Waals surface area contributed by atoms with Crippen molar-refractivity contribution in [2.45, 2.75) is 18.4 Å². The number of hydrogen-bond donors (Lipinski definition) is 2. The molecule has 0 radical (unpaired) electrons. The monoisotopic (exact) mass is 191 g/mol. The van der Waals surface area contributed by atoms with E-state index in [1.54, 1.807) is 0 Å². The maximum Gasteiger partial charge on any atom is 0.0698 e. The number of benzene rings is 1. The first-order valence-corrected chi connectivity index (χ1v) is 5.20. The number of aliphatic hydroxyl groups is 1. The van der Waals surface area contributed by atoms with Gasteiger partial charge in [0.15, 0.2) is 0 Å². The van der Waals surface area contributed by atoms with Gasteiger partial charge in [-0.1, -0.05) is 30.3 Å². The molecule has 2 N–H and O–H groups in total. The zero-order chi connectivity index (χ0) is 9.97. The summed E-state index contributed by atoms with van der Waals surface area (Å²) in [4.78, 5) is 0. The zero-order valence-corrected chi connectivity index (χ0v) is 8.48. The topological polar surface area (TPSA) is 32.3 Å². The number of likely N-dealkylation sites (N-methyl/N-ethyl adjacent to an activating group) is 1. The van der Waals surface area contributed by atoms with Crippen molar-refractivity contribution >= 4 is 0 Å². The third-order valence-corrected chi connectivity index (χ3v) is 2.98. The molecule has 3 atom stereocenters. The van der Waals surface area contributed by atoms with Gasteiger partial charge in [0.2, 0.25) is 0 Å². The largest absolute Gasteiger partial charge is 0.391 e. The Balaban J connectivity index is 1.93. The van der Waals surface area contributed by atoms with Crippen LogP contribution in [0.25, 0.3) is 0 Å². The maximum atomic E-state index is 9.76. The molecule has 0 amide bonds. The molecular formula is C12H17NO. The minimum atomic E-state index is -0.190. The zero-order valence-electron chi connectivity index (χ0n) is 8.48. The van der Waals surface area contributed by atoms with E-state index in [4.69, 9.17) is 0 Å². The number of rotatable bonds is 4. The minimum Gasteiger partial charge on any atom is -0.391 e. The maximum absolute atomic E-state index is 9.76. The van der Waals surface area contributed by atoms with Crippen LogP contribution in [0.3, 0.4) is 0 Å². The van der Waals surface area contributed by atoms with Gasteiger partial charge in [0.1, 0.15) is 0 Å². The lowest BCUT2D eigenvalue weighted by Crippen LogP contribution is -2.25. The Morgan fingerprint density at radius 2 is 2.14 bits per heavy atom. The molecule has 1 aliphatic rings. The fraction of sp³-hybridized carbons (Fsp3) is 0.500. The summed E-state index contributed by atoms with van der Waals surface area (Å²) in [5.41, 5.74) is 1.37. The average molecular weight is 191 g/mol. The van der Waals surface area contributed by atoms with Crippen molar-refractivity contribution in [1.29, 1.82) is 0 Å². The van der Waals surface area contributed by atoms with E-state index in [0.717, 1.165) is 6.42 Å². The highest BCUT2D eigenvalue weighted by Gasteiger charge is 2.42. The third-order valence-electron chi connectivity index (χ3n) is 2.98. The van der Waals surface area contributed by atoms with Gasteiger partial charge in [0.25, 0.3) is 0 Å². The fourth-order valence-electron chi connectivity index (χ4n) is 2.08. The Bertz CT molecular complexity index is 286. The van der Waals surface area contributed by atoms with Crippen molar-refractivity contribution in [3.8, 4) is 0 Å². The summed E-state index contributed by atoms with van der Waals surface area (Å²) in [7, 11) is 1.88. The van der Waals surface area contributed by atoms with Gasteiger partial charge in [-0.3, -0.25) is 0 Å². The molecule has 2 rings (SSSR count). The summed E-state index contributed by atoms with van der Waals surface area (Å²) >= 11 is 0. The smallest absolute Gasteiger partial charge is 0.0698 e. The van der Waals surface area contributed by atoms with Gasteiger partial charge < -0.3 is 10.4 Å². The van der Waals surface area contributed by atoms with Crippen molar-refractivity contribution in [3.05, 3.63) is 35.9 Å². The second-order valence-electron chi connectivity index (χ2n) is 4.04. The lowest BCUT2D eigenvalue weighted by molar-refractivity contribution is 0.149. The Hall–Kier alpha value is -0.860. The molecule has 76 valence electrons. The van der Waals surface area contributed by atoms with Crippen LogP contribution < -0.4 is 5.32 Å². The lowest BCUT2D eigenvalue weighted by Gasteiger charge is -2.08. The summed E-state index contributed by atoms with van der Waals surface area (Å²) < 4.78 is 0. The van der Waals surface area contributed by atoms with Gasteiger partial charge in [-0.2, -0.15) is 0 Å². The molecule has 14 heavy (non-hydrogen) atoms. The molecule has 1 aliphatic carbocycles. The van der Waals surface area contributed by atoms with Crippen molar-refractivity contribution in [2.75, 3.05) is 13.6 Å². The van der Waals surface area contributed by atoms with E-state index in [9.17, 15) is 5.11 Å². The molecule has 0 bridgehead atoms. The van der Waals surface area contributed by atoms with Crippen LogP contribution in [0.5, 0.6) is 0 Å². The van der Waals surface area contributed by atoms with E-state index in [0.29, 0.717) is 18.4 Å². The van der Waals surface area contributed by atoms with Crippen LogP contribution >= 0.6 is 0 Å². The van der Waals surface area contributed by atoms with Gasteiger partial charge >= 0.3 is 0 Å². The van der Waals surface area contributed by atoms with Crippen LogP contribution in [-0.4, -0.2) is 24.8 Å². The molecule has 1 aromatic rings. The lowest BCUT2D eigenvalue weighted by atomic mass is 10.1. The minimum absolute atomic E-state index is 0.190. The van der Waals surface area contributed by atoms with Gasteiger partial charge in [-0.05, 0) is 30.9 Å². The van der Waals surface area contributed by atoms with E-state index in [1.165, 1.54) is 5.56 Å². The average Bonchev–Trinajstić information content (AvgIpc) is 2.99. The Kier molecular flexibility index (Phi) is 2.85. The molecule has 1 fully saturated rings. The molecule has 0 aromatic heterocycles. The predicted octanol–water partition coefficient (Wildman–Crippen LogP) is 1.37. The van der Waals surface area contributed by atoms with Crippen molar-refractivity contribution in [2.24, 2.45) is 5.92 Å². The SMILES string of the molecule is CNCC(O)C1CC1c1ccccc1. The molecule has 3 unspecified atom stereocenters. The number of hydrogen-bond acceptors (Lipinski definition) is 2. The standard InChI is InChI=1S/C12H17NO/c1-13-8-12(14)11-7-10(11)9-5-3-2-4-6-9/h2-6,10-14H,7-8H2,1H3. The van der Waals surface area contributed by atoms with Crippen LogP contribution in [0.2, 0.25) is 0 Å². The Morgan fingerprint density at radius 1 is 1.43 bits per heavy atom. The first kappa shape index (κ1) is 9.69. The van der Waals surface area contributed by atoms with Crippen LogP contribution in [0.1, 0.15) is 17.9 Å². The highest BCUT2D eigenvalue weighted by Crippen LogP contribution is 2.49. The quantitative estimate of drug-likeness (QED) is 0.753. The van der Waals surface area contributed by atoms with Gasteiger partial charge in [-0.25, -0.2) is 0 Å². The molecule has 0 saturated heterocycles. The van der Waals surface area contributed by atoms with Crippen molar-refractivity contribution < 1.29 is 5.11 Å².